The molecule has 1 aliphatic heterocycles. The van der Waals surface area contributed by atoms with Crippen LogP contribution in [0.15, 0.2) is 11.4 Å². The van der Waals surface area contributed by atoms with Crippen LogP contribution in [0.1, 0.15) is 21.7 Å². The normalized spacial score (nSPS) is 18.6. The van der Waals surface area contributed by atoms with Gasteiger partial charge in [0.15, 0.2) is 0 Å². The van der Waals surface area contributed by atoms with Crippen molar-refractivity contribution < 1.29 is 14.3 Å². The lowest BCUT2D eigenvalue weighted by atomic mass is 10.3. The summed E-state index contributed by atoms with van der Waals surface area (Å²) in [5, 5.41) is 2.33. The second-order valence-electron chi connectivity index (χ2n) is 4.54. The first-order valence-electron chi connectivity index (χ1n) is 6.13. The molecule has 1 aromatic heterocycles. The third kappa shape index (κ3) is 3.73. The lowest BCUT2D eigenvalue weighted by Crippen LogP contribution is -2.28. The maximum absolute atomic E-state index is 12.2. The molecular weight excluding hydrogens is 282 g/mol. The minimum atomic E-state index is -0.205. The van der Waals surface area contributed by atoms with Gasteiger partial charge in [-0.15, -0.1) is 23.1 Å². The number of ether oxygens (including phenoxy) is 1. The number of amides is 1. The number of hydrogen-bond donors (Lipinski definition) is 0. The standard InChI is InChI=1S/C13H17NO3S2/c1-9-5-11(19-7-9)13(16)14-4-3-10(6-14)18-8-12(15)17-2/h5,7,10H,3-4,6,8H2,1-2H3. The molecule has 1 fully saturated rings. The Labute approximate surface area is 121 Å². The Kier molecular flexibility index (Phi) is 4.87. The van der Waals surface area contributed by atoms with Gasteiger partial charge in [-0.3, -0.25) is 9.59 Å². The van der Waals surface area contributed by atoms with Crippen molar-refractivity contribution >= 4 is 35.0 Å². The molecule has 2 heterocycles. The molecule has 0 aliphatic carbocycles. The van der Waals surface area contributed by atoms with E-state index in [9.17, 15) is 9.59 Å². The maximum atomic E-state index is 12.2. The fourth-order valence-corrected chi connectivity index (χ4v) is 3.90. The fourth-order valence-electron chi connectivity index (χ4n) is 1.99. The van der Waals surface area contributed by atoms with Crippen LogP contribution in [-0.4, -0.2) is 48.0 Å². The fraction of sp³-hybridized carbons (Fsp3) is 0.538. The average molecular weight is 299 g/mol. The molecule has 0 bridgehead atoms. The van der Waals surface area contributed by atoms with Crippen molar-refractivity contribution in [3.63, 3.8) is 0 Å². The summed E-state index contributed by atoms with van der Waals surface area (Å²) >= 11 is 3.07. The van der Waals surface area contributed by atoms with Crippen molar-refractivity contribution in [2.24, 2.45) is 0 Å². The van der Waals surface area contributed by atoms with Gasteiger partial charge < -0.3 is 9.64 Å². The van der Waals surface area contributed by atoms with E-state index in [-0.39, 0.29) is 11.9 Å². The number of thiophene rings is 1. The molecule has 0 N–H and O–H groups in total. The molecular formula is C13H17NO3S2. The van der Waals surface area contributed by atoms with Gasteiger partial charge in [0.05, 0.1) is 17.7 Å². The van der Waals surface area contributed by atoms with E-state index in [0.717, 1.165) is 30.0 Å². The van der Waals surface area contributed by atoms with Crippen LogP contribution < -0.4 is 0 Å². The van der Waals surface area contributed by atoms with Crippen LogP contribution in [0.25, 0.3) is 0 Å². The molecule has 0 radical (unpaired) electrons. The third-order valence-electron chi connectivity index (χ3n) is 3.04. The lowest BCUT2D eigenvalue weighted by Gasteiger charge is -2.15. The zero-order valence-corrected chi connectivity index (χ0v) is 12.7. The molecule has 1 aromatic rings. The summed E-state index contributed by atoms with van der Waals surface area (Å²) in [4.78, 5) is 26.0. The van der Waals surface area contributed by atoms with Crippen LogP contribution in [-0.2, 0) is 9.53 Å². The number of hydrogen-bond acceptors (Lipinski definition) is 5. The van der Waals surface area contributed by atoms with Gasteiger partial charge in [0, 0.05) is 18.3 Å². The van der Waals surface area contributed by atoms with Crippen molar-refractivity contribution in [3.8, 4) is 0 Å². The molecule has 1 atom stereocenters. The molecule has 6 heteroatoms. The van der Waals surface area contributed by atoms with E-state index >= 15 is 0 Å². The van der Waals surface area contributed by atoms with Gasteiger partial charge in [-0.25, -0.2) is 0 Å². The van der Waals surface area contributed by atoms with Crippen molar-refractivity contribution in [1.82, 2.24) is 4.90 Å². The zero-order chi connectivity index (χ0) is 13.8. The van der Waals surface area contributed by atoms with Crippen molar-refractivity contribution in [2.45, 2.75) is 18.6 Å². The van der Waals surface area contributed by atoms with E-state index in [1.54, 1.807) is 11.8 Å². The van der Waals surface area contributed by atoms with Crippen LogP contribution in [0.2, 0.25) is 0 Å². The van der Waals surface area contributed by atoms with E-state index < -0.39 is 0 Å². The molecule has 2 rings (SSSR count). The predicted molar refractivity (Wildman–Crippen MR) is 77.8 cm³/mol. The Bertz CT molecular complexity index is 472. The highest BCUT2D eigenvalue weighted by atomic mass is 32.2. The highest BCUT2D eigenvalue weighted by molar-refractivity contribution is 8.00. The molecule has 1 saturated heterocycles. The van der Waals surface area contributed by atoms with E-state index in [1.807, 2.05) is 23.3 Å². The lowest BCUT2D eigenvalue weighted by molar-refractivity contribution is -0.137. The molecule has 0 saturated carbocycles. The molecule has 1 aliphatic rings. The summed E-state index contributed by atoms with van der Waals surface area (Å²) in [6.07, 6.45) is 0.942. The number of aryl methyl sites for hydroxylation is 1. The monoisotopic (exact) mass is 299 g/mol. The van der Waals surface area contributed by atoms with E-state index in [4.69, 9.17) is 0 Å². The number of likely N-dealkylation sites (tertiary alicyclic amines) is 1. The second-order valence-corrected chi connectivity index (χ2v) is 6.74. The third-order valence-corrected chi connectivity index (χ3v) is 5.33. The average Bonchev–Trinajstić information content (AvgIpc) is 3.04. The summed E-state index contributed by atoms with van der Waals surface area (Å²) in [5.41, 5.74) is 1.13. The van der Waals surface area contributed by atoms with Gasteiger partial charge in [-0.1, -0.05) is 0 Å². The highest BCUT2D eigenvalue weighted by Gasteiger charge is 2.28. The van der Waals surface area contributed by atoms with Gasteiger partial charge in [-0.2, -0.15) is 0 Å². The van der Waals surface area contributed by atoms with Gasteiger partial charge in [0.25, 0.3) is 5.91 Å². The smallest absolute Gasteiger partial charge is 0.315 e. The number of methoxy groups -OCH3 is 1. The summed E-state index contributed by atoms with van der Waals surface area (Å²) in [6, 6.07) is 1.93. The van der Waals surface area contributed by atoms with Crippen LogP contribution >= 0.6 is 23.1 Å². The number of thioether (sulfide) groups is 1. The van der Waals surface area contributed by atoms with E-state index in [2.05, 4.69) is 4.74 Å². The quantitative estimate of drug-likeness (QED) is 0.800. The number of carbonyl (C=O) groups is 2. The Hall–Kier alpha value is -1.01. The van der Waals surface area contributed by atoms with Gasteiger partial charge in [-0.05, 0) is 30.4 Å². The van der Waals surface area contributed by atoms with E-state index in [1.165, 1.54) is 18.4 Å². The first-order chi connectivity index (χ1) is 9.10. The van der Waals surface area contributed by atoms with Gasteiger partial charge in [0.2, 0.25) is 0 Å². The molecule has 19 heavy (non-hydrogen) atoms. The molecule has 4 nitrogen and oxygen atoms in total. The number of carbonyl (C=O) groups excluding carboxylic acids is 2. The summed E-state index contributed by atoms with van der Waals surface area (Å²) < 4.78 is 4.62. The molecule has 1 unspecified atom stereocenters. The number of rotatable bonds is 4. The summed E-state index contributed by atoms with van der Waals surface area (Å²) in [5.74, 6) is 0.268. The summed E-state index contributed by atoms with van der Waals surface area (Å²) in [6.45, 7) is 3.48. The Morgan fingerprint density at radius 2 is 2.37 bits per heavy atom. The Morgan fingerprint density at radius 3 is 3.00 bits per heavy atom. The number of esters is 1. The van der Waals surface area contributed by atoms with Crippen LogP contribution in [0.4, 0.5) is 0 Å². The van der Waals surface area contributed by atoms with Crippen LogP contribution in [0, 0.1) is 6.92 Å². The van der Waals surface area contributed by atoms with E-state index in [0.29, 0.717) is 11.0 Å². The molecule has 0 aromatic carbocycles. The van der Waals surface area contributed by atoms with Crippen molar-refractivity contribution in [3.05, 3.63) is 21.9 Å². The van der Waals surface area contributed by atoms with Crippen LogP contribution in [0.5, 0.6) is 0 Å². The predicted octanol–water partition coefficient (Wildman–Crippen LogP) is 2.18. The van der Waals surface area contributed by atoms with Gasteiger partial charge >= 0.3 is 5.97 Å². The molecule has 1 amide bonds. The van der Waals surface area contributed by atoms with Gasteiger partial charge in [0.1, 0.15) is 0 Å². The SMILES string of the molecule is COC(=O)CSC1CCN(C(=O)c2cc(C)cs2)C1. The Balaban J connectivity index is 1.84. The molecule has 104 valence electrons. The highest BCUT2D eigenvalue weighted by Crippen LogP contribution is 2.25. The summed E-state index contributed by atoms with van der Waals surface area (Å²) in [7, 11) is 1.40. The maximum Gasteiger partial charge on any atom is 0.315 e. The minimum absolute atomic E-state index is 0.110. The zero-order valence-electron chi connectivity index (χ0n) is 11.0. The number of nitrogens with zero attached hydrogens (tertiary/aromatic N) is 1. The second kappa shape index (κ2) is 6.43. The van der Waals surface area contributed by atoms with Crippen LogP contribution in [0.3, 0.4) is 0 Å². The van der Waals surface area contributed by atoms with Crippen molar-refractivity contribution in [1.29, 1.82) is 0 Å². The van der Waals surface area contributed by atoms with Crippen molar-refractivity contribution in [2.75, 3.05) is 26.0 Å². The molecule has 0 spiro atoms. The largest absolute Gasteiger partial charge is 0.468 e. The first-order valence-corrected chi connectivity index (χ1v) is 8.06. The Morgan fingerprint density at radius 1 is 1.58 bits per heavy atom. The first kappa shape index (κ1) is 14.4. The minimum Gasteiger partial charge on any atom is -0.468 e. The topological polar surface area (TPSA) is 46.6 Å².